The maximum absolute atomic E-state index is 11.1. The molecule has 0 radical (unpaired) electrons. The van der Waals surface area contributed by atoms with E-state index in [1.807, 2.05) is 0 Å². The second-order valence-corrected chi connectivity index (χ2v) is 4.15. The van der Waals surface area contributed by atoms with Crippen molar-refractivity contribution in [1.82, 2.24) is 0 Å². The molecule has 0 saturated carbocycles. The fourth-order valence-corrected chi connectivity index (χ4v) is 1.57. The highest BCUT2D eigenvalue weighted by molar-refractivity contribution is 5.94. The number of aromatic hydroxyl groups is 1. The lowest BCUT2D eigenvalue weighted by molar-refractivity contribution is 0.101. The number of carbonyl (C=O) groups is 1. The molecule has 0 aliphatic rings. The second kappa shape index (κ2) is 6.94. The first-order valence-electron chi connectivity index (χ1n) is 6.12. The van der Waals surface area contributed by atoms with Crippen molar-refractivity contribution in [3.8, 4) is 11.5 Å². The van der Waals surface area contributed by atoms with Gasteiger partial charge < -0.3 is 9.84 Å². The van der Waals surface area contributed by atoms with Gasteiger partial charge in [0.05, 0.1) is 6.61 Å². The van der Waals surface area contributed by atoms with Crippen LogP contribution in [0.1, 0.15) is 49.9 Å². The van der Waals surface area contributed by atoms with Crippen LogP contribution in [0, 0.1) is 0 Å². The largest absolute Gasteiger partial charge is 0.504 e. The molecule has 3 heteroatoms. The minimum absolute atomic E-state index is 0.0354. The number of benzene rings is 1. The topological polar surface area (TPSA) is 46.5 Å². The molecule has 0 unspecified atom stereocenters. The van der Waals surface area contributed by atoms with Gasteiger partial charge in [0.15, 0.2) is 17.3 Å². The molecule has 94 valence electrons. The molecule has 0 bridgehead atoms. The number of unbranched alkanes of at least 4 members (excludes halogenated alkanes) is 3. The van der Waals surface area contributed by atoms with Crippen LogP contribution in [-0.2, 0) is 0 Å². The Labute approximate surface area is 102 Å². The minimum atomic E-state index is -0.0604. The van der Waals surface area contributed by atoms with Gasteiger partial charge >= 0.3 is 0 Å². The van der Waals surface area contributed by atoms with Gasteiger partial charge in [0.2, 0.25) is 0 Å². The number of phenolic OH excluding ortho intramolecular Hbond substituents is 1. The number of ketones is 1. The third-order valence-corrected chi connectivity index (χ3v) is 2.62. The number of Topliss-reactive ketones (excluding diaryl/α,β-unsaturated/α-hetero) is 1. The van der Waals surface area contributed by atoms with Gasteiger partial charge in [-0.1, -0.05) is 26.2 Å². The van der Waals surface area contributed by atoms with Crippen LogP contribution < -0.4 is 4.74 Å². The minimum Gasteiger partial charge on any atom is -0.504 e. The Balaban J connectivity index is 2.46. The molecule has 1 N–H and O–H groups in total. The molecule has 1 rings (SSSR count). The van der Waals surface area contributed by atoms with Crippen LogP contribution >= 0.6 is 0 Å². The molecule has 3 nitrogen and oxygen atoms in total. The van der Waals surface area contributed by atoms with E-state index in [1.54, 1.807) is 12.1 Å². The van der Waals surface area contributed by atoms with Gasteiger partial charge in [0.1, 0.15) is 0 Å². The van der Waals surface area contributed by atoms with Crippen LogP contribution in [-0.4, -0.2) is 17.5 Å². The summed E-state index contributed by atoms with van der Waals surface area (Å²) in [6.45, 7) is 4.24. The number of hydrogen-bond donors (Lipinski definition) is 1. The average molecular weight is 236 g/mol. The van der Waals surface area contributed by atoms with Crippen LogP contribution in [0.2, 0.25) is 0 Å². The van der Waals surface area contributed by atoms with Crippen molar-refractivity contribution in [3.63, 3.8) is 0 Å². The normalized spacial score (nSPS) is 10.2. The van der Waals surface area contributed by atoms with Crippen LogP contribution in [0.4, 0.5) is 0 Å². The zero-order valence-corrected chi connectivity index (χ0v) is 10.5. The Morgan fingerprint density at radius 2 is 2.06 bits per heavy atom. The Morgan fingerprint density at radius 1 is 1.29 bits per heavy atom. The van der Waals surface area contributed by atoms with Crippen molar-refractivity contribution in [3.05, 3.63) is 23.8 Å². The summed E-state index contributed by atoms with van der Waals surface area (Å²) in [6.07, 6.45) is 4.53. The fraction of sp³-hybridized carbons (Fsp3) is 0.500. The lowest BCUT2D eigenvalue weighted by atomic mass is 10.1. The predicted octanol–water partition coefficient (Wildman–Crippen LogP) is 3.55. The van der Waals surface area contributed by atoms with E-state index in [0.717, 1.165) is 12.8 Å². The van der Waals surface area contributed by atoms with E-state index in [9.17, 15) is 9.90 Å². The Morgan fingerprint density at radius 3 is 2.65 bits per heavy atom. The molecular formula is C14H20O3. The standard InChI is InChI=1S/C14H20O3/c1-3-4-5-6-9-17-14-8-7-12(11(2)15)10-13(14)16/h7-8,10,16H,3-6,9H2,1-2H3. The van der Waals surface area contributed by atoms with Gasteiger partial charge in [0.25, 0.3) is 0 Å². The van der Waals surface area contributed by atoms with Crippen molar-refractivity contribution >= 4 is 5.78 Å². The van der Waals surface area contributed by atoms with E-state index in [2.05, 4.69) is 6.92 Å². The summed E-state index contributed by atoms with van der Waals surface area (Å²) in [6, 6.07) is 4.76. The van der Waals surface area contributed by atoms with E-state index >= 15 is 0 Å². The molecule has 0 amide bonds. The molecule has 17 heavy (non-hydrogen) atoms. The number of ether oxygens (including phenoxy) is 1. The van der Waals surface area contributed by atoms with E-state index in [1.165, 1.54) is 25.8 Å². The first-order valence-corrected chi connectivity index (χ1v) is 6.12. The Hall–Kier alpha value is -1.51. The van der Waals surface area contributed by atoms with Crippen LogP contribution in [0.25, 0.3) is 0 Å². The monoisotopic (exact) mass is 236 g/mol. The summed E-state index contributed by atoms with van der Waals surface area (Å²) in [5.41, 5.74) is 0.501. The molecular weight excluding hydrogens is 216 g/mol. The molecule has 0 atom stereocenters. The van der Waals surface area contributed by atoms with E-state index < -0.39 is 0 Å². The van der Waals surface area contributed by atoms with Gasteiger partial charge in [-0.2, -0.15) is 0 Å². The summed E-state index contributed by atoms with van der Waals surface area (Å²) < 4.78 is 5.46. The number of rotatable bonds is 7. The maximum Gasteiger partial charge on any atom is 0.160 e. The molecule has 0 fully saturated rings. The maximum atomic E-state index is 11.1. The van der Waals surface area contributed by atoms with Gasteiger partial charge in [-0.3, -0.25) is 4.79 Å². The predicted molar refractivity (Wildman–Crippen MR) is 67.7 cm³/mol. The zero-order chi connectivity index (χ0) is 12.7. The van der Waals surface area contributed by atoms with Crippen LogP contribution in [0.15, 0.2) is 18.2 Å². The highest BCUT2D eigenvalue weighted by Gasteiger charge is 2.06. The number of hydrogen-bond acceptors (Lipinski definition) is 3. The van der Waals surface area contributed by atoms with E-state index in [0.29, 0.717) is 17.9 Å². The summed E-state index contributed by atoms with van der Waals surface area (Å²) >= 11 is 0. The summed E-state index contributed by atoms with van der Waals surface area (Å²) in [7, 11) is 0. The highest BCUT2D eigenvalue weighted by Crippen LogP contribution is 2.27. The molecule has 1 aromatic carbocycles. The van der Waals surface area contributed by atoms with Crippen LogP contribution in [0.3, 0.4) is 0 Å². The summed E-state index contributed by atoms with van der Waals surface area (Å²) in [5, 5.41) is 9.67. The van der Waals surface area contributed by atoms with Crippen LogP contribution in [0.5, 0.6) is 11.5 Å². The number of carbonyl (C=O) groups excluding carboxylic acids is 1. The highest BCUT2D eigenvalue weighted by atomic mass is 16.5. The summed E-state index contributed by atoms with van der Waals surface area (Å²) in [4.78, 5) is 11.1. The molecule has 0 aliphatic heterocycles. The third kappa shape index (κ3) is 4.47. The summed E-state index contributed by atoms with van der Waals surface area (Å²) in [5.74, 6) is 0.425. The van der Waals surface area contributed by atoms with Crippen molar-refractivity contribution in [1.29, 1.82) is 0 Å². The van der Waals surface area contributed by atoms with Gasteiger partial charge in [0, 0.05) is 5.56 Å². The number of phenols is 1. The van der Waals surface area contributed by atoms with Crippen molar-refractivity contribution in [2.45, 2.75) is 39.5 Å². The quantitative estimate of drug-likeness (QED) is 0.581. The smallest absolute Gasteiger partial charge is 0.160 e. The fourth-order valence-electron chi connectivity index (χ4n) is 1.57. The Bertz CT molecular complexity index is 372. The van der Waals surface area contributed by atoms with Gasteiger partial charge in [-0.25, -0.2) is 0 Å². The lowest BCUT2D eigenvalue weighted by Gasteiger charge is -2.08. The second-order valence-electron chi connectivity index (χ2n) is 4.15. The van der Waals surface area contributed by atoms with E-state index in [-0.39, 0.29) is 11.5 Å². The van der Waals surface area contributed by atoms with Gasteiger partial charge in [-0.05, 0) is 31.5 Å². The molecule has 0 aliphatic carbocycles. The molecule has 0 aromatic heterocycles. The van der Waals surface area contributed by atoms with Crippen molar-refractivity contribution in [2.75, 3.05) is 6.61 Å². The molecule has 1 aromatic rings. The van der Waals surface area contributed by atoms with E-state index in [4.69, 9.17) is 4.74 Å². The average Bonchev–Trinajstić information content (AvgIpc) is 2.30. The molecule has 0 heterocycles. The SMILES string of the molecule is CCCCCCOc1ccc(C(C)=O)cc1O. The van der Waals surface area contributed by atoms with Crippen molar-refractivity contribution in [2.24, 2.45) is 0 Å². The Kier molecular flexibility index (Phi) is 5.53. The lowest BCUT2D eigenvalue weighted by Crippen LogP contribution is -1.98. The molecule has 0 saturated heterocycles. The first kappa shape index (κ1) is 13.6. The molecule has 0 spiro atoms. The van der Waals surface area contributed by atoms with Crippen molar-refractivity contribution < 1.29 is 14.6 Å². The zero-order valence-electron chi connectivity index (χ0n) is 10.5. The first-order chi connectivity index (χ1) is 8.15. The third-order valence-electron chi connectivity index (χ3n) is 2.62. The van der Waals surface area contributed by atoms with Gasteiger partial charge in [-0.15, -0.1) is 0 Å².